The molecule has 8 rings (SSSR count). The number of hydrogen-bond donors (Lipinski definition) is 1. The number of likely N-dealkylation sites (tertiary alicyclic amines) is 2. The molecule has 0 aromatic heterocycles. The zero-order chi connectivity index (χ0) is 37.5. The number of allylic oxidation sites excluding steroid dienone is 1. The summed E-state index contributed by atoms with van der Waals surface area (Å²) < 4.78 is 55.9. The maximum Gasteiger partial charge on any atom is 0.174 e. The Labute approximate surface area is 328 Å². The SMILES string of the molecule is CN1CCC[C@@H]1CC1=CNC2CCC(C(CS(=O)(=O)C3CCCCC3)N3C=C(C[C@H]4CCCN4C)C4CC(/C=C/S(=O)(=O)C5CCCCC5)CCC43)CC12. The van der Waals surface area contributed by atoms with Gasteiger partial charge in [-0.2, -0.15) is 0 Å². The molecule has 0 aromatic rings. The Hall–Kier alpha value is -1.36. The Morgan fingerprint density at radius 1 is 0.704 bits per heavy atom. The molecule has 10 heteroatoms. The van der Waals surface area contributed by atoms with Crippen molar-refractivity contribution < 1.29 is 16.8 Å². The minimum absolute atomic E-state index is 0.000963. The Balaban J connectivity index is 1.06. The van der Waals surface area contributed by atoms with E-state index in [-0.39, 0.29) is 28.2 Å². The first-order chi connectivity index (χ1) is 26.1. The Bertz CT molecular complexity index is 1610. The van der Waals surface area contributed by atoms with Crippen molar-refractivity contribution in [2.24, 2.45) is 23.7 Å². The molecule has 8 aliphatic rings. The Morgan fingerprint density at radius 2 is 1.35 bits per heavy atom. The third-order valence-electron chi connectivity index (χ3n) is 16.1. The molecule has 9 atom stereocenters. The van der Waals surface area contributed by atoms with E-state index in [0.717, 1.165) is 122 Å². The molecule has 1 N–H and O–H groups in total. The molecule has 0 radical (unpaired) electrons. The van der Waals surface area contributed by atoms with Crippen LogP contribution in [0.15, 0.2) is 35.0 Å². The van der Waals surface area contributed by atoms with Crippen LogP contribution in [0.5, 0.6) is 0 Å². The number of sulfone groups is 2. The van der Waals surface area contributed by atoms with Crippen molar-refractivity contribution in [2.75, 3.05) is 32.9 Å². The van der Waals surface area contributed by atoms with Gasteiger partial charge >= 0.3 is 0 Å². The highest BCUT2D eigenvalue weighted by molar-refractivity contribution is 7.94. The molecule has 7 unspecified atom stereocenters. The van der Waals surface area contributed by atoms with Crippen LogP contribution in [0.3, 0.4) is 0 Å². The molecule has 8 nitrogen and oxygen atoms in total. The average Bonchev–Trinajstić information content (AvgIpc) is 3.98. The van der Waals surface area contributed by atoms with E-state index in [2.05, 4.69) is 52.6 Å². The molecule has 4 saturated carbocycles. The maximum atomic E-state index is 14.5. The Kier molecular flexibility index (Phi) is 12.3. The summed E-state index contributed by atoms with van der Waals surface area (Å²) in [5.41, 5.74) is 3.08. The van der Waals surface area contributed by atoms with Crippen LogP contribution in [0.25, 0.3) is 0 Å². The van der Waals surface area contributed by atoms with Crippen LogP contribution in [0.2, 0.25) is 0 Å². The van der Waals surface area contributed by atoms with Gasteiger partial charge in [-0.15, -0.1) is 0 Å². The second-order valence-electron chi connectivity index (χ2n) is 19.4. The minimum Gasteiger partial charge on any atom is -0.388 e. The summed E-state index contributed by atoms with van der Waals surface area (Å²) in [5, 5.41) is 5.01. The van der Waals surface area contributed by atoms with Crippen LogP contribution in [0.4, 0.5) is 0 Å². The van der Waals surface area contributed by atoms with Crippen molar-refractivity contribution >= 4 is 19.7 Å². The molecule has 304 valence electrons. The Morgan fingerprint density at radius 3 is 2.00 bits per heavy atom. The molecule has 0 bridgehead atoms. The van der Waals surface area contributed by atoms with Crippen LogP contribution in [-0.4, -0.2) is 105 Å². The summed E-state index contributed by atoms with van der Waals surface area (Å²) in [6, 6.07) is 1.95. The smallest absolute Gasteiger partial charge is 0.174 e. The van der Waals surface area contributed by atoms with Gasteiger partial charge in [0.05, 0.1) is 16.3 Å². The standard InChI is InChI=1S/C44H72N4O4S2/c1-46-22-9-11-36(46)26-34-29-45-42-19-18-33(28-40(34)42)44(31-54(51,52)39-15-7-4-8-16-39)48-30-35(27-37-12-10-23-47(37)2)41-25-32(17-20-43(41)48)21-24-53(49,50)38-13-5-3-6-14-38/h21,24,29-30,32-33,36-45H,3-20,22-23,25-28,31H2,1-2H3/b24-21+/t32?,33?,36-,37-,40?,41?,42?,43?,44?/m1/s1. The number of hydrogen-bond acceptors (Lipinski definition) is 8. The highest BCUT2D eigenvalue weighted by Gasteiger charge is 2.48. The lowest BCUT2D eigenvalue weighted by Crippen LogP contribution is -2.51. The van der Waals surface area contributed by atoms with Gasteiger partial charge in [-0.05, 0) is 165 Å². The molecule has 0 spiro atoms. The van der Waals surface area contributed by atoms with E-state index in [1.165, 1.54) is 37.8 Å². The summed E-state index contributed by atoms with van der Waals surface area (Å²) >= 11 is 0. The highest BCUT2D eigenvalue weighted by Crippen LogP contribution is 2.49. The molecular weight excluding hydrogens is 713 g/mol. The van der Waals surface area contributed by atoms with Gasteiger partial charge in [-0.1, -0.05) is 44.6 Å². The van der Waals surface area contributed by atoms with E-state index < -0.39 is 19.7 Å². The van der Waals surface area contributed by atoms with Gasteiger partial charge in [-0.3, -0.25) is 0 Å². The minimum atomic E-state index is -3.26. The number of nitrogens with zero attached hydrogens (tertiary/aromatic N) is 3. The summed E-state index contributed by atoms with van der Waals surface area (Å²) in [6.07, 6.45) is 30.1. The topological polar surface area (TPSA) is 90.0 Å². The van der Waals surface area contributed by atoms with Gasteiger partial charge in [0.15, 0.2) is 19.7 Å². The lowest BCUT2D eigenvalue weighted by atomic mass is 9.71. The summed E-state index contributed by atoms with van der Waals surface area (Å²) in [5.74, 6) is 1.74. The van der Waals surface area contributed by atoms with E-state index in [9.17, 15) is 16.8 Å². The van der Waals surface area contributed by atoms with Gasteiger partial charge in [0.2, 0.25) is 0 Å². The van der Waals surface area contributed by atoms with Crippen molar-refractivity contribution in [1.82, 2.24) is 20.0 Å². The van der Waals surface area contributed by atoms with Crippen molar-refractivity contribution in [3.63, 3.8) is 0 Å². The molecule has 0 aromatic carbocycles. The second kappa shape index (κ2) is 16.9. The molecule has 0 amide bonds. The normalized spacial score (nSPS) is 37.0. The number of rotatable bonds is 12. The third-order valence-corrected chi connectivity index (χ3v) is 20.3. The third kappa shape index (κ3) is 8.57. The van der Waals surface area contributed by atoms with Crippen LogP contribution < -0.4 is 5.32 Å². The fourth-order valence-corrected chi connectivity index (χ4v) is 16.6. The van der Waals surface area contributed by atoms with Crippen molar-refractivity contribution in [3.8, 4) is 0 Å². The monoisotopic (exact) mass is 784 g/mol. The van der Waals surface area contributed by atoms with Crippen molar-refractivity contribution in [1.29, 1.82) is 0 Å². The van der Waals surface area contributed by atoms with Crippen LogP contribution in [0, 0.1) is 23.7 Å². The lowest BCUT2D eigenvalue weighted by molar-refractivity contribution is 0.0888. The first-order valence-corrected chi connectivity index (χ1v) is 25.9. The van der Waals surface area contributed by atoms with Crippen molar-refractivity contribution in [3.05, 3.63) is 35.0 Å². The lowest BCUT2D eigenvalue weighted by Gasteiger charge is -2.46. The van der Waals surface area contributed by atoms with E-state index >= 15 is 0 Å². The van der Waals surface area contributed by atoms with E-state index in [4.69, 9.17) is 0 Å². The number of fused-ring (bicyclic) bond motifs is 2. The first kappa shape index (κ1) is 39.5. The highest BCUT2D eigenvalue weighted by atomic mass is 32.2. The van der Waals surface area contributed by atoms with Gasteiger partial charge in [0.25, 0.3) is 0 Å². The van der Waals surface area contributed by atoms with E-state index in [0.29, 0.717) is 41.9 Å². The summed E-state index contributed by atoms with van der Waals surface area (Å²) in [6.45, 7) is 2.34. The molecule has 4 aliphatic carbocycles. The summed E-state index contributed by atoms with van der Waals surface area (Å²) in [4.78, 5) is 7.73. The predicted octanol–water partition coefficient (Wildman–Crippen LogP) is 7.59. The average molecular weight is 785 g/mol. The van der Waals surface area contributed by atoms with Gasteiger partial charge in [0.1, 0.15) is 0 Å². The van der Waals surface area contributed by atoms with E-state index in [1.807, 2.05) is 0 Å². The molecule has 6 fully saturated rings. The molecule has 4 aliphatic heterocycles. The second-order valence-corrected chi connectivity index (χ2v) is 23.8. The van der Waals surface area contributed by atoms with Gasteiger partial charge in [-0.25, -0.2) is 16.8 Å². The fourth-order valence-electron chi connectivity index (χ4n) is 12.7. The van der Waals surface area contributed by atoms with E-state index in [1.54, 1.807) is 11.0 Å². The number of nitrogens with one attached hydrogen (secondary N) is 1. The largest absolute Gasteiger partial charge is 0.388 e. The quantitative estimate of drug-likeness (QED) is 0.217. The summed E-state index contributed by atoms with van der Waals surface area (Å²) in [7, 11) is -1.93. The maximum absolute atomic E-state index is 14.5. The predicted molar refractivity (Wildman–Crippen MR) is 220 cm³/mol. The van der Waals surface area contributed by atoms with Crippen molar-refractivity contribution in [2.45, 2.75) is 182 Å². The van der Waals surface area contributed by atoms with Crippen LogP contribution in [-0.2, 0) is 19.7 Å². The van der Waals surface area contributed by atoms with Crippen LogP contribution in [0.1, 0.15) is 141 Å². The van der Waals surface area contributed by atoms with Gasteiger partial charge in [0, 0.05) is 47.5 Å². The van der Waals surface area contributed by atoms with Gasteiger partial charge < -0.3 is 20.0 Å². The molecule has 54 heavy (non-hydrogen) atoms. The first-order valence-electron chi connectivity index (χ1n) is 22.5. The zero-order valence-corrected chi connectivity index (χ0v) is 35.3. The molecule has 2 saturated heterocycles. The van der Waals surface area contributed by atoms with Crippen LogP contribution >= 0.6 is 0 Å². The molecule has 4 heterocycles. The molecular formula is C44H72N4O4S2. The zero-order valence-electron chi connectivity index (χ0n) is 33.6. The fraction of sp³-hybridized carbons (Fsp3) is 0.864.